The van der Waals surface area contributed by atoms with Gasteiger partial charge in [-0.05, 0) is 72.3 Å². The summed E-state index contributed by atoms with van der Waals surface area (Å²) in [6, 6.07) is 27.6. The van der Waals surface area contributed by atoms with E-state index < -0.39 is 11.8 Å². The second-order valence-corrected chi connectivity index (χ2v) is 10.5. The number of carbonyl (C=O) groups is 3. The van der Waals surface area contributed by atoms with Gasteiger partial charge >= 0.3 is 0 Å². The van der Waals surface area contributed by atoms with Crippen molar-refractivity contribution in [2.75, 3.05) is 23.5 Å². The average Bonchev–Trinajstić information content (AvgIpc) is 2.98. The van der Waals surface area contributed by atoms with E-state index in [9.17, 15) is 14.4 Å². The molecule has 0 saturated heterocycles. The van der Waals surface area contributed by atoms with E-state index in [-0.39, 0.29) is 17.4 Å². The average molecular weight is 607 g/mol. The van der Waals surface area contributed by atoms with Crippen LogP contribution < -0.4 is 20.7 Å². The van der Waals surface area contributed by atoms with Crippen molar-refractivity contribution in [2.45, 2.75) is 4.90 Å². The van der Waals surface area contributed by atoms with Crippen LogP contribution in [0.25, 0.3) is 6.08 Å². The first-order chi connectivity index (χ1) is 19.8. The van der Waals surface area contributed by atoms with Crippen LogP contribution in [0.3, 0.4) is 0 Å². The number of rotatable bonds is 10. The molecule has 4 rings (SSSR count). The zero-order valence-corrected chi connectivity index (χ0v) is 24.1. The predicted molar refractivity (Wildman–Crippen MR) is 166 cm³/mol. The molecule has 0 aliphatic carbocycles. The summed E-state index contributed by atoms with van der Waals surface area (Å²) in [5, 5.41) is 9.14. The maximum absolute atomic E-state index is 13.3. The van der Waals surface area contributed by atoms with Gasteiger partial charge in [0.2, 0.25) is 5.91 Å². The van der Waals surface area contributed by atoms with Gasteiger partial charge in [-0.2, -0.15) is 0 Å². The van der Waals surface area contributed by atoms with E-state index in [1.165, 1.54) is 11.8 Å². The number of thioether (sulfide) groups is 1. The normalized spacial score (nSPS) is 11.0. The molecule has 7 nitrogen and oxygen atoms in total. The Bertz CT molecular complexity index is 1580. The number of amides is 3. The summed E-state index contributed by atoms with van der Waals surface area (Å²) in [4.78, 5) is 39.4. The van der Waals surface area contributed by atoms with Crippen molar-refractivity contribution in [1.29, 1.82) is 0 Å². The number of ether oxygens (including phenoxy) is 1. The predicted octanol–water partition coefficient (Wildman–Crippen LogP) is 7.14. The minimum atomic E-state index is -0.513. The van der Waals surface area contributed by atoms with Gasteiger partial charge in [0.1, 0.15) is 11.4 Å². The molecule has 0 fully saturated rings. The number of halogens is 2. The van der Waals surface area contributed by atoms with Crippen LogP contribution >= 0.6 is 35.0 Å². The molecule has 0 radical (unpaired) electrons. The Labute approximate surface area is 251 Å². The summed E-state index contributed by atoms with van der Waals surface area (Å²) < 4.78 is 5.20. The summed E-state index contributed by atoms with van der Waals surface area (Å²) in [7, 11) is 1.57. The summed E-state index contributed by atoms with van der Waals surface area (Å²) in [5.41, 5.74) is 2.09. The van der Waals surface area contributed by atoms with Gasteiger partial charge in [-0.25, -0.2) is 0 Å². The third-order valence-electron chi connectivity index (χ3n) is 5.62. The van der Waals surface area contributed by atoms with Gasteiger partial charge in [0.05, 0.1) is 23.6 Å². The molecule has 10 heteroatoms. The molecular weight excluding hydrogens is 581 g/mol. The van der Waals surface area contributed by atoms with Crippen LogP contribution in [0.1, 0.15) is 15.9 Å². The lowest BCUT2D eigenvalue weighted by Gasteiger charge is -2.12. The van der Waals surface area contributed by atoms with Crippen LogP contribution in [0, 0.1) is 0 Å². The molecule has 0 atom stereocenters. The largest absolute Gasteiger partial charge is 0.497 e. The van der Waals surface area contributed by atoms with Crippen LogP contribution in [-0.4, -0.2) is 30.6 Å². The number of benzene rings is 4. The molecule has 41 heavy (non-hydrogen) atoms. The van der Waals surface area contributed by atoms with Crippen molar-refractivity contribution < 1.29 is 19.1 Å². The third-order valence-corrected chi connectivity index (χ3v) is 7.18. The molecule has 4 aromatic rings. The molecule has 3 N–H and O–H groups in total. The number of carbonyl (C=O) groups excluding carboxylic acids is 3. The fourth-order valence-electron chi connectivity index (χ4n) is 3.60. The van der Waals surface area contributed by atoms with Crippen molar-refractivity contribution >= 4 is 70.1 Å². The van der Waals surface area contributed by atoms with E-state index in [4.69, 9.17) is 27.9 Å². The standard InChI is InChI=1S/C31H25Cl2N3O4S/c1-40-24-13-10-20(11-14-24)16-28(36-30(38)21-6-3-2-4-7-21)31(39)34-23-8-5-9-25(18-23)41-19-29(37)35-27-17-22(32)12-15-26(27)33/h2-18H,19H2,1H3,(H,34,39)(H,35,37)(H,36,38)/b28-16+. The molecule has 3 amide bonds. The zero-order valence-electron chi connectivity index (χ0n) is 21.8. The number of methoxy groups -OCH3 is 1. The first kappa shape index (κ1) is 29.7. The van der Waals surface area contributed by atoms with E-state index in [2.05, 4.69) is 16.0 Å². The van der Waals surface area contributed by atoms with Crippen LogP contribution in [0.15, 0.2) is 108 Å². The number of nitrogens with one attached hydrogen (secondary N) is 3. The van der Waals surface area contributed by atoms with E-state index >= 15 is 0 Å². The quantitative estimate of drug-likeness (QED) is 0.132. The molecule has 0 heterocycles. The van der Waals surface area contributed by atoms with Crippen molar-refractivity contribution in [3.63, 3.8) is 0 Å². The Morgan fingerprint density at radius 1 is 0.854 bits per heavy atom. The summed E-state index contributed by atoms with van der Waals surface area (Å²) in [5.74, 6) is -0.422. The summed E-state index contributed by atoms with van der Waals surface area (Å²) >= 11 is 13.4. The number of anilines is 2. The lowest BCUT2D eigenvalue weighted by Crippen LogP contribution is -2.30. The highest BCUT2D eigenvalue weighted by molar-refractivity contribution is 8.00. The molecular formula is C31H25Cl2N3O4S. The lowest BCUT2D eigenvalue weighted by atomic mass is 10.1. The topological polar surface area (TPSA) is 96.5 Å². The van der Waals surface area contributed by atoms with Crippen molar-refractivity contribution in [2.24, 2.45) is 0 Å². The molecule has 0 aliphatic heterocycles. The van der Waals surface area contributed by atoms with Crippen LogP contribution in [0.4, 0.5) is 11.4 Å². The molecule has 0 unspecified atom stereocenters. The Balaban J connectivity index is 1.46. The monoisotopic (exact) mass is 605 g/mol. The van der Waals surface area contributed by atoms with Gasteiger partial charge in [0.25, 0.3) is 11.8 Å². The van der Waals surface area contributed by atoms with Crippen molar-refractivity contribution in [3.05, 3.63) is 124 Å². The second kappa shape index (κ2) is 14.4. The lowest BCUT2D eigenvalue weighted by molar-refractivity contribution is -0.114. The molecule has 4 aromatic carbocycles. The van der Waals surface area contributed by atoms with Gasteiger partial charge in [0.15, 0.2) is 0 Å². The first-order valence-corrected chi connectivity index (χ1v) is 14.1. The van der Waals surface area contributed by atoms with E-state index in [0.717, 1.165) is 4.90 Å². The Hall–Kier alpha value is -4.24. The van der Waals surface area contributed by atoms with Crippen molar-refractivity contribution in [3.8, 4) is 5.75 Å². The fourth-order valence-corrected chi connectivity index (χ4v) is 4.69. The maximum Gasteiger partial charge on any atom is 0.272 e. The smallest absolute Gasteiger partial charge is 0.272 e. The van der Waals surface area contributed by atoms with E-state index in [1.807, 2.05) is 6.07 Å². The molecule has 0 aliphatic rings. The minimum absolute atomic E-state index is 0.0554. The molecule has 0 bridgehead atoms. The van der Waals surface area contributed by atoms with Crippen LogP contribution in [0.5, 0.6) is 5.75 Å². The number of hydrogen-bond donors (Lipinski definition) is 3. The summed E-state index contributed by atoms with van der Waals surface area (Å²) in [6.45, 7) is 0. The van der Waals surface area contributed by atoms with Gasteiger partial charge in [-0.1, -0.05) is 59.6 Å². The highest BCUT2D eigenvalue weighted by Gasteiger charge is 2.16. The minimum Gasteiger partial charge on any atom is -0.497 e. The molecule has 0 spiro atoms. The molecule has 0 saturated carbocycles. The van der Waals surface area contributed by atoms with Gasteiger partial charge in [-0.15, -0.1) is 11.8 Å². The highest BCUT2D eigenvalue weighted by Crippen LogP contribution is 2.27. The zero-order chi connectivity index (χ0) is 29.2. The Kier molecular flexibility index (Phi) is 10.5. The van der Waals surface area contributed by atoms with Crippen LogP contribution in [-0.2, 0) is 9.59 Å². The Morgan fingerprint density at radius 3 is 2.34 bits per heavy atom. The second-order valence-electron chi connectivity index (χ2n) is 8.59. The highest BCUT2D eigenvalue weighted by atomic mass is 35.5. The van der Waals surface area contributed by atoms with Gasteiger partial charge in [-0.3, -0.25) is 14.4 Å². The molecule has 208 valence electrons. The van der Waals surface area contributed by atoms with E-state index in [1.54, 1.807) is 104 Å². The van der Waals surface area contributed by atoms with E-state index in [0.29, 0.717) is 38.3 Å². The number of hydrogen-bond acceptors (Lipinski definition) is 5. The fraction of sp³-hybridized carbons (Fsp3) is 0.0645. The Morgan fingerprint density at radius 2 is 1.61 bits per heavy atom. The van der Waals surface area contributed by atoms with Gasteiger partial charge < -0.3 is 20.7 Å². The van der Waals surface area contributed by atoms with Gasteiger partial charge in [0, 0.05) is 21.2 Å². The third kappa shape index (κ3) is 8.88. The van der Waals surface area contributed by atoms with Crippen molar-refractivity contribution in [1.82, 2.24) is 5.32 Å². The first-order valence-electron chi connectivity index (χ1n) is 12.3. The summed E-state index contributed by atoms with van der Waals surface area (Å²) in [6.07, 6.45) is 1.58. The maximum atomic E-state index is 13.3. The van der Waals surface area contributed by atoms with Crippen LogP contribution in [0.2, 0.25) is 10.0 Å². The molecule has 0 aromatic heterocycles. The SMILES string of the molecule is COc1ccc(/C=C(/NC(=O)c2ccccc2)C(=O)Nc2cccc(SCC(=O)Nc3cc(Cl)ccc3Cl)c2)cc1.